The quantitative estimate of drug-likeness (QED) is 0.575. The summed E-state index contributed by atoms with van der Waals surface area (Å²) in [5.74, 6) is 1.31. The molecule has 4 heteroatoms. The summed E-state index contributed by atoms with van der Waals surface area (Å²) < 4.78 is 0. The van der Waals surface area contributed by atoms with Crippen molar-refractivity contribution >= 4 is 5.96 Å². The van der Waals surface area contributed by atoms with E-state index in [4.69, 9.17) is 4.99 Å². The number of hydrogen-bond donors (Lipinski definition) is 0. The second kappa shape index (κ2) is 9.29. The Kier molecular flexibility index (Phi) is 7.34. The van der Waals surface area contributed by atoms with Gasteiger partial charge in [0, 0.05) is 32.7 Å². The van der Waals surface area contributed by atoms with Crippen LogP contribution >= 0.6 is 0 Å². The lowest BCUT2D eigenvalue weighted by Gasteiger charge is -2.38. The highest BCUT2D eigenvalue weighted by atomic mass is 15.4. The zero-order valence-electron chi connectivity index (χ0n) is 14.2. The van der Waals surface area contributed by atoms with Gasteiger partial charge in [-0.1, -0.05) is 13.8 Å². The van der Waals surface area contributed by atoms with Gasteiger partial charge in [-0.15, -0.1) is 0 Å². The van der Waals surface area contributed by atoms with Crippen molar-refractivity contribution in [2.24, 2.45) is 4.99 Å². The second-order valence-corrected chi connectivity index (χ2v) is 6.30. The molecule has 0 saturated carbocycles. The van der Waals surface area contributed by atoms with E-state index in [1.807, 2.05) is 0 Å². The average Bonchev–Trinajstić information content (AvgIpc) is 2.57. The molecule has 0 unspecified atom stereocenters. The van der Waals surface area contributed by atoms with Crippen LogP contribution in [0.3, 0.4) is 0 Å². The van der Waals surface area contributed by atoms with Crippen molar-refractivity contribution in [2.45, 2.75) is 52.4 Å². The Morgan fingerprint density at radius 2 is 1.29 bits per heavy atom. The SMILES string of the molecule is CCN(CC)CCN=C(N1CCCCC1)N1CCCCC1. The van der Waals surface area contributed by atoms with E-state index in [2.05, 4.69) is 28.5 Å². The van der Waals surface area contributed by atoms with Crippen molar-refractivity contribution in [3.05, 3.63) is 0 Å². The third-order valence-corrected chi connectivity index (χ3v) is 4.84. The molecule has 0 aromatic rings. The van der Waals surface area contributed by atoms with E-state index >= 15 is 0 Å². The standard InChI is InChI=1S/C17H34N4/c1-3-19(4-2)16-11-18-17(20-12-7-5-8-13-20)21-14-9-6-10-15-21/h3-16H2,1-2H3. The predicted octanol–water partition coefficient (Wildman–Crippen LogP) is 2.66. The van der Waals surface area contributed by atoms with Crippen LogP contribution in [0.15, 0.2) is 4.99 Å². The molecule has 4 nitrogen and oxygen atoms in total. The van der Waals surface area contributed by atoms with Crippen molar-refractivity contribution in [1.29, 1.82) is 0 Å². The Morgan fingerprint density at radius 1 is 0.810 bits per heavy atom. The van der Waals surface area contributed by atoms with E-state index in [1.165, 1.54) is 70.7 Å². The molecule has 2 aliphatic heterocycles. The van der Waals surface area contributed by atoms with Gasteiger partial charge in [-0.05, 0) is 51.6 Å². The molecular weight excluding hydrogens is 260 g/mol. The van der Waals surface area contributed by atoms with Crippen molar-refractivity contribution in [3.63, 3.8) is 0 Å². The van der Waals surface area contributed by atoms with Gasteiger partial charge in [-0.2, -0.15) is 0 Å². The maximum Gasteiger partial charge on any atom is 0.196 e. The molecule has 0 spiro atoms. The Labute approximate surface area is 131 Å². The maximum atomic E-state index is 5.03. The van der Waals surface area contributed by atoms with Crippen molar-refractivity contribution in [1.82, 2.24) is 14.7 Å². The molecule has 2 rings (SSSR count). The van der Waals surface area contributed by atoms with Crippen LogP contribution in [0, 0.1) is 0 Å². The number of likely N-dealkylation sites (tertiary alicyclic amines) is 2. The van der Waals surface area contributed by atoms with Gasteiger partial charge in [0.25, 0.3) is 0 Å². The fourth-order valence-corrected chi connectivity index (χ4v) is 3.42. The minimum atomic E-state index is 0.948. The molecule has 122 valence electrons. The van der Waals surface area contributed by atoms with Gasteiger partial charge in [0.1, 0.15) is 0 Å². The summed E-state index contributed by atoms with van der Waals surface area (Å²) in [7, 11) is 0. The molecule has 2 heterocycles. The molecule has 0 radical (unpaired) electrons. The molecular formula is C17H34N4. The number of likely N-dealkylation sites (N-methyl/N-ethyl adjacent to an activating group) is 1. The van der Waals surface area contributed by atoms with E-state index in [0.717, 1.165) is 26.2 Å². The lowest BCUT2D eigenvalue weighted by atomic mass is 10.1. The molecule has 0 aromatic carbocycles. The van der Waals surface area contributed by atoms with Gasteiger partial charge in [0.05, 0.1) is 6.54 Å². The van der Waals surface area contributed by atoms with E-state index in [0.29, 0.717) is 0 Å². The van der Waals surface area contributed by atoms with Crippen LogP contribution in [0.25, 0.3) is 0 Å². The smallest absolute Gasteiger partial charge is 0.196 e. The van der Waals surface area contributed by atoms with E-state index in [9.17, 15) is 0 Å². The van der Waals surface area contributed by atoms with Crippen molar-refractivity contribution in [3.8, 4) is 0 Å². The van der Waals surface area contributed by atoms with Crippen molar-refractivity contribution < 1.29 is 0 Å². The highest BCUT2D eigenvalue weighted by Crippen LogP contribution is 2.15. The van der Waals surface area contributed by atoms with Gasteiger partial charge in [-0.25, -0.2) is 0 Å². The number of piperidine rings is 2. The first-order valence-electron chi connectivity index (χ1n) is 9.11. The molecule has 0 N–H and O–H groups in total. The van der Waals surface area contributed by atoms with Crippen LogP contribution in [-0.4, -0.2) is 73.0 Å². The summed E-state index contributed by atoms with van der Waals surface area (Å²) in [6.07, 6.45) is 8.13. The van der Waals surface area contributed by atoms with Crippen molar-refractivity contribution in [2.75, 3.05) is 52.4 Å². The molecule has 21 heavy (non-hydrogen) atoms. The summed E-state index contributed by atoms with van der Waals surface area (Å²) in [6, 6.07) is 0. The van der Waals surface area contributed by atoms with Crippen LogP contribution in [0.1, 0.15) is 52.4 Å². The highest BCUT2D eigenvalue weighted by molar-refractivity contribution is 5.80. The normalized spacial score (nSPS) is 20.0. The fourth-order valence-electron chi connectivity index (χ4n) is 3.42. The summed E-state index contributed by atoms with van der Waals surface area (Å²) in [4.78, 5) is 12.6. The molecule has 2 saturated heterocycles. The van der Waals surface area contributed by atoms with Crippen LogP contribution < -0.4 is 0 Å². The summed E-state index contributed by atoms with van der Waals surface area (Å²) in [6.45, 7) is 13.6. The average molecular weight is 294 g/mol. The zero-order valence-corrected chi connectivity index (χ0v) is 14.2. The number of rotatable bonds is 5. The van der Waals surface area contributed by atoms with Crippen LogP contribution in [0.4, 0.5) is 0 Å². The van der Waals surface area contributed by atoms with Gasteiger partial charge in [-0.3, -0.25) is 4.99 Å². The Balaban J connectivity index is 1.95. The fraction of sp³-hybridized carbons (Fsp3) is 0.941. The van der Waals surface area contributed by atoms with Gasteiger partial charge in [0.2, 0.25) is 0 Å². The number of hydrogen-bond acceptors (Lipinski definition) is 2. The minimum absolute atomic E-state index is 0.948. The Hall–Kier alpha value is -0.770. The molecule has 0 aliphatic carbocycles. The van der Waals surface area contributed by atoms with Gasteiger partial charge >= 0.3 is 0 Å². The van der Waals surface area contributed by atoms with Gasteiger partial charge < -0.3 is 14.7 Å². The summed E-state index contributed by atoms with van der Waals surface area (Å²) >= 11 is 0. The molecule has 0 aromatic heterocycles. The van der Waals surface area contributed by atoms with E-state index < -0.39 is 0 Å². The van der Waals surface area contributed by atoms with Crippen LogP contribution in [0.5, 0.6) is 0 Å². The Bertz CT molecular complexity index is 280. The summed E-state index contributed by atoms with van der Waals surface area (Å²) in [5.41, 5.74) is 0. The first-order chi connectivity index (χ1) is 10.3. The van der Waals surface area contributed by atoms with E-state index in [-0.39, 0.29) is 0 Å². The largest absolute Gasteiger partial charge is 0.343 e. The molecule has 2 aliphatic rings. The zero-order chi connectivity index (χ0) is 14.9. The predicted molar refractivity (Wildman–Crippen MR) is 90.9 cm³/mol. The second-order valence-electron chi connectivity index (χ2n) is 6.30. The first-order valence-corrected chi connectivity index (χ1v) is 9.11. The molecule has 0 atom stereocenters. The number of aliphatic imine (C=N–C) groups is 1. The number of nitrogens with zero attached hydrogens (tertiary/aromatic N) is 4. The molecule has 2 fully saturated rings. The Morgan fingerprint density at radius 3 is 1.71 bits per heavy atom. The lowest BCUT2D eigenvalue weighted by molar-refractivity contribution is 0.254. The maximum absolute atomic E-state index is 5.03. The monoisotopic (exact) mass is 294 g/mol. The van der Waals surface area contributed by atoms with Crippen LogP contribution in [-0.2, 0) is 0 Å². The lowest BCUT2D eigenvalue weighted by Crippen LogP contribution is -2.48. The summed E-state index contributed by atoms with van der Waals surface area (Å²) in [5, 5.41) is 0. The molecule has 0 bridgehead atoms. The molecule has 0 amide bonds. The van der Waals surface area contributed by atoms with E-state index in [1.54, 1.807) is 0 Å². The van der Waals surface area contributed by atoms with Gasteiger partial charge in [0.15, 0.2) is 5.96 Å². The first kappa shape index (κ1) is 16.6. The third kappa shape index (κ3) is 5.17. The highest BCUT2D eigenvalue weighted by Gasteiger charge is 2.22. The van der Waals surface area contributed by atoms with Crippen LogP contribution in [0.2, 0.25) is 0 Å². The minimum Gasteiger partial charge on any atom is -0.343 e. The third-order valence-electron chi connectivity index (χ3n) is 4.84. The topological polar surface area (TPSA) is 22.1 Å². The number of guanidine groups is 1.